The molecule has 8 nitrogen and oxygen atoms in total. The molecule has 3 aromatic rings. The molecule has 0 spiro atoms. The summed E-state index contributed by atoms with van der Waals surface area (Å²) in [6.45, 7) is 2.01. The number of sulfonamides is 1. The molecular formula is C25H26N4O4S. The van der Waals surface area contributed by atoms with Crippen LogP contribution < -0.4 is 20.3 Å². The average molecular weight is 479 g/mol. The lowest BCUT2D eigenvalue weighted by molar-refractivity contribution is 0.102. The van der Waals surface area contributed by atoms with Crippen LogP contribution in [0.3, 0.4) is 0 Å². The Morgan fingerprint density at radius 2 is 1.53 bits per heavy atom. The fourth-order valence-electron chi connectivity index (χ4n) is 3.43. The van der Waals surface area contributed by atoms with E-state index in [-0.39, 0.29) is 29.1 Å². The second-order valence-corrected chi connectivity index (χ2v) is 9.80. The largest absolute Gasteiger partial charge is 0.335 e. The van der Waals surface area contributed by atoms with E-state index < -0.39 is 15.9 Å². The predicted octanol–water partition coefficient (Wildman–Crippen LogP) is 4.44. The number of para-hydroxylation sites is 1. The average Bonchev–Trinajstić information content (AvgIpc) is 3.65. The first-order valence-corrected chi connectivity index (χ1v) is 12.5. The molecule has 3 aromatic carbocycles. The van der Waals surface area contributed by atoms with E-state index in [4.69, 9.17) is 0 Å². The van der Waals surface area contributed by atoms with Crippen LogP contribution in [0.4, 0.5) is 21.9 Å². The first-order valence-electron chi connectivity index (χ1n) is 11.0. The number of anilines is 3. The first kappa shape index (κ1) is 23.3. The number of hydrogen-bond acceptors (Lipinski definition) is 4. The molecule has 176 valence electrons. The van der Waals surface area contributed by atoms with Crippen LogP contribution in [-0.2, 0) is 10.0 Å². The lowest BCUT2D eigenvalue weighted by Gasteiger charge is -2.23. The van der Waals surface area contributed by atoms with Crippen LogP contribution in [0, 0.1) is 0 Å². The Labute approximate surface area is 199 Å². The lowest BCUT2D eigenvalue weighted by Crippen LogP contribution is -2.31. The molecule has 0 bridgehead atoms. The molecule has 0 saturated heterocycles. The summed E-state index contributed by atoms with van der Waals surface area (Å²) >= 11 is 0. The maximum absolute atomic E-state index is 13.2. The predicted molar refractivity (Wildman–Crippen MR) is 133 cm³/mol. The Hall–Kier alpha value is -3.85. The van der Waals surface area contributed by atoms with Crippen molar-refractivity contribution in [1.29, 1.82) is 0 Å². The highest BCUT2D eigenvalue weighted by atomic mass is 32.2. The Bertz CT molecular complexity index is 1270. The smallest absolute Gasteiger partial charge is 0.319 e. The van der Waals surface area contributed by atoms with Gasteiger partial charge in [0.25, 0.3) is 15.9 Å². The van der Waals surface area contributed by atoms with E-state index in [2.05, 4.69) is 16.0 Å². The fourth-order valence-corrected chi connectivity index (χ4v) is 4.95. The minimum atomic E-state index is -3.85. The number of hydrogen-bond donors (Lipinski definition) is 3. The molecule has 0 aromatic heterocycles. The van der Waals surface area contributed by atoms with E-state index in [0.29, 0.717) is 17.1 Å². The molecule has 0 radical (unpaired) electrons. The highest BCUT2D eigenvalue weighted by molar-refractivity contribution is 7.92. The van der Waals surface area contributed by atoms with Gasteiger partial charge in [-0.05, 0) is 74.4 Å². The van der Waals surface area contributed by atoms with Gasteiger partial charge in [0.15, 0.2) is 0 Å². The molecule has 3 N–H and O–H groups in total. The Kier molecular flexibility index (Phi) is 6.83. The minimum Gasteiger partial charge on any atom is -0.335 e. The molecule has 0 aliphatic heterocycles. The number of benzene rings is 3. The van der Waals surface area contributed by atoms with Gasteiger partial charge >= 0.3 is 6.03 Å². The second-order valence-electron chi connectivity index (χ2n) is 7.94. The van der Waals surface area contributed by atoms with Crippen molar-refractivity contribution in [2.24, 2.45) is 0 Å². The monoisotopic (exact) mass is 478 g/mol. The van der Waals surface area contributed by atoms with Gasteiger partial charge in [-0.2, -0.15) is 0 Å². The zero-order chi connectivity index (χ0) is 24.1. The number of nitrogens with zero attached hydrogens (tertiary/aromatic N) is 1. The third kappa shape index (κ3) is 5.55. The maximum atomic E-state index is 13.2. The topological polar surface area (TPSA) is 108 Å². The quantitative estimate of drug-likeness (QED) is 0.445. The summed E-state index contributed by atoms with van der Waals surface area (Å²) < 4.78 is 27.8. The van der Waals surface area contributed by atoms with Crippen LogP contribution in [0.5, 0.6) is 0 Å². The van der Waals surface area contributed by atoms with Crippen molar-refractivity contribution in [2.45, 2.75) is 30.7 Å². The lowest BCUT2D eigenvalue weighted by atomic mass is 10.2. The molecule has 4 rings (SSSR count). The standard InChI is InChI=1S/C25H26N4O4S/c1-2-29(22-8-4-3-5-9-22)34(32,33)23-10-6-7-18(17-23)24(30)26-19-11-13-20(14-12-19)27-25(31)28-21-15-16-21/h3-14,17,21H,2,15-16H2,1H3,(H,26,30)(H2,27,28,31). The van der Waals surface area contributed by atoms with Crippen LogP contribution in [0.1, 0.15) is 30.1 Å². The van der Waals surface area contributed by atoms with Crippen LogP contribution in [0.2, 0.25) is 0 Å². The molecule has 0 heterocycles. The van der Waals surface area contributed by atoms with E-state index in [1.807, 2.05) is 6.07 Å². The van der Waals surface area contributed by atoms with Gasteiger partial charge in [-0.1, -0.05) is 24.3 Å². The van der Waals surface area contributed by atoms with E-state index in [1.165, 1.54) is 16.4 Å². The summed E-state index contributed by atoms with van der Waals surface area (Å²) in [5.74, 6) is -0.438. The zero-order valence-corrected chi connectivity index (χ0v) is 19.5. The SMILES string of the molecule is CCN(c1ccccc1)S(=O)(=O)c1cccc(C(=O)Nc2ccc(NC(=O)NC3CC3)cc2)c1. The van der Waals surface area contributed by atoms with Gasteiger partial charge in [0.05, 0.1) is 10.6 Å². The molecule has 9 heteroatoms. The summed E-state index contributed by atoms with van der Waals surface area (Å²) in [5, 5.41) is 8.34. The molecule has 3 amide bonds. The van der Waals surface area contributed by atoms with Crippen LogP contribution in [0.15, 0.2) is 83.8 Å². The van der Waals surface area contributed by atoms with Crippen LogP contribution >= 0.6 is 0 Å². The molecule has 1 aliphatic carbocycles. The maximum Gasteiger partial charge on any atom is 0.319 e. The van der Waals surface area contributed by atoms with Crippen molar-refractivity contribution in [1.82, 2.24) is 5.32 Å². The van der Waals surface area contributed by atoms with Crippen molar-refractivity contribution in [2.75, 3.05) is 21.5 Å². The van der Waals surface area contributed by atoms with Gasteiger partial charge in [0.1, 0.15) is 0 Å². The van der Waals surface area contributed by atoms with E-state index in [1.54, 1.807) is 67.6 Å². The molecular weight excluding hydrogens is 452 g/mol. The first-order chi connectivity index (χ1) is 16.4. The second kappa shape index (κ2) is 9.96. The third-order valence-electron chi connectivity index (χ3n) is 5.33. The highest BCUT2D eigenvalue weighted by Gasteiger charge is 2.25. The molecule has 1 saturated carbocycles. The minimum absolute atomic E-state index is 0.0343. The van der Waals surface area contributed by atoms with Gasteiger partial charge in [-0.15, -0.1) is 0 Å². The molecule has 0 atom stereocenters. The molecule has 34 heavy (non-hydrogen) atoms. The third-order valence-corrected chi connectivity index (χ3v) is 7.23. The number of carbonyl (C=O) groups is 2. The number of nitrogens with one attached hydrogen (secondary N) is 3. The van der Waals surface area contributed by atoms with Crippen LogP contribution in [0.25, 0.3) is 0 Å². The van der Waals surface area contributed by atoms with E-state index >= 15 is 0 Å². The van der Waals surface area contributed by atoms with Crippen LogP contribution in [-0.4, -0.2) is 32.9 Å². The van der Waals surface area contributed by atoms with Crippen molar-refractivity contribution in [3.63, 3.8) is 0 Å². The van der Waals surface area contributed by atoms with Crippen molar-refractivity contribution in [3.8, 4) is 0 Å². The Balaban J connectivity index is 1.45. The van der Waals surface area contributed by atoms with Gasteiger partial charge in [0.2, 0.25) is 0 Å². The molecule has 0 unspecified atom stereocenters. The highest BCUT2D eigenvalue weighted by Crippen LogP contribution is 2.24. The number of urea groups is 1. The van der Waals surface area contributed by atoms with Crippen molar-refractivity contribution < 1.29 is 18.0 Å². The normalized spacial score (nSPS) is 13.1. The summed E-state index contributed by atoms with van der Waals surface area (Å²) in [6, 6.07) is 21.5. The molecule has 1 fully saturated rings. The zero-order valence-electron chi connectivity index (χ0n) is 18.7. The summed E-state index contributed by atoms with van der Waals surface area (Å²) in [4.78, 5) is 24.7. The summed E-state index contributed by atoms with van der Waals surface area (Å²) in [5.41, 5.74) is 1.89. The Morgan fingerprint density at radius 3 is 2.15 bits per heavy atom. The Morgan fingerprint density at radius 1 is 0.882 bits per heavy atom. The van der Waals surface area contributed by atoms with Gasteiger partial charge in [-0.3, -0.25) is 9.10 Å². The van der Waals surface area contributed by atoms with Gasteiger partial charge in [0, 0.05) is 29.5 Å². The van der Waals surface area contributed by atoms with Crippen molar-refractivity contribution in [3.05, 3.63) is 84.4 Å². The summed E-state index contributed by atoms with van der Waals surface area (Å²) in [6.07, 6.45) is 2.01. The van der Waals surface area contributed by atoms with Gasteiger partial charge in [-0.25, -0.2) is 13.2 Å². The summed E-state index contributed by atoms with van der Waals surface area (Å²) in [7, 11) is -3.85. The number of rotatable bonds is 8. The fraction of sp³-hybridized carbons (Fsp3) is 0.200. The van der Waals surface area contributed by atoms with E-state index in [0.717, 1.165) is 12.8 Å². The van der Waals surface area contributed by atoms with E-state index in [9.17, 15) is 18.0 Å². The van der Waals surface area contributed by atoms with Crippen molar-refractivity contribution >= 4 is 39.0 Å². The van der Waals surface area contributed by atoms with Gasteiger partial charge < -0.3 is 16.0 Å². The number of amides is 3. The number of carbonyl (C=O) groups excluding carboxylic acids is 2. The molecule has 1 aliphatic rings.